The summed E-state index contributed by atoms with van der Waals surface area (Å²) in [6.07, 6.45) is 1.38. The van der Waals surface area contributed by atoms with Crippen molar-refractivity contribution in [2.75, 3.05) is 0 Å². The lowest BCUT2D eigenvalue weighted by Crippen LogP contribution is -2.16. The van der Waals surface area contributed by atoms with Crippen LogP contribution in [-0.4, -0.2) is 26.3 Å². The number of aliphatic hydroxyl groups excluding tert-OH is 2. The van der Waals surface area contributed by atoms with Crippen LogP contribution in [0.5, 0.6) is 0 Å². The first kappa shape index (κ1) is 9.09. The highest BCUT2D eigenvalue weighted by molar-refractivity contribution is 5.03. The minimum atomic E-state index is -0.995. The van der Waals surface area contributed by atoms with Crippen molar-refractivity contribution in [3.05, 3.63) is 23.8 Å². The Bertz CT molecular complexity index is 246. The predicted octanol–water partition coefficient (Wildman–Crippen LogP) is 0.199. The number of hydrogen-bond donors (Lipinski definition) is 2. The van der Waals surface area contributed by atoms with Crippen molar-refractivity contribution < 1.29 is 10.2 Å². The third-order valence-electron chi connectivity index (χ3n) is 1.52. The van der Waals surface area contributed by atoms with Crippen molar-refractivity contribution in [3.63, 3.8) is 0 Å². The minimum Gasteiger partial charge on any atom is -0.390 e. The molecule has 1 aromatic heterocycles. The molecule has 1 aromatic rings. The van der Waals surface area contributed by atoms with Gasteiger partial charge in [0.05, 0.1) is 6.10 Å². The standard InChI is InChI=1S/C8H12N2O2/c1-5-3-9-8(10-4-5)7(12)6(2)11/h3-4,6-7,11-12H,1-2H3/t6-,7-/m1/s1. The van der Waals surface area contributed by atoms with E-state index in [4.69, 9.17) is 5.11 Å². The van der Waals surface area contributed by atoms with E-state index >= 15 is 0 Å². The molecular formula is C8H12N2O2. The van der Waals surface area contributed by atoms with E-state index in [0.29, 0.717) is 0 Å². The summed E-state index contributed by atoms with van der Waals surface area (Å²) in [5.41, 5.74) is 0.927. The molecule has 2 N–H and O–H groups in total. The van der Waals surface area contributed by atoms with E-state index in [0.717, 1.165) is 5.56 Å². The molecule has 0 bridgehead atoms. The Balaban J connectivity index is 2.82. The molecule has 0 saturated heterocycles. The van der Waals surface area contributed by atoms with Gasteiger partial charge in [-0.15, -0.1) is 0 Å². The Morgan fingerprint density at radius 3 is 2.17 bits per heavy atom. The maximum absolute atomic E-state index is 9.31. The molecule has 66 valence electrons. The molecular weight excluding hydrogens is 156 g/mol. The van der Waals surface area contributed by atoms with Crippen LogP contribution in [0.4, 0.5) is 0 Å². The number of hydrogen-bond acceptors (Lipinski definition) is 4. The predicted molar refractivity (Wildman–Crippen MR) is 43.4 cm³/mol. The maximum Gasteiger partial charge on any atom is 0.159 e. The van der Waals surface area contributed by atoms with E-state index in [1.807, 2.05) is 6.92 Å². The first-order chi connectivity index (χ1) is 5.61. The zero-order valence-electron chi connectivity index (χ0n) is 7.10. The fraction of sp³-hybridized carbons (Fsp3) is 0.500. The van der Waals surface area contributed by atoms with Gasteiger partial charge in [0.15, 0.2) is 5.82 Å². The summed E-state index contributed by atoms with van der Waals surface area (Å²) in [5, 5.41) is 18.3. The topological polar surface area (TPSA) is 66.2 Å². The van der Waals surface area contributed by atoms with Crippen LogP contribution < -0.4 is 0 Å². The van der Waals surface area contributed by atoms with Gasteiger partial charge in [-0.2, -0.15) is 0 Å². The Morgan fingerprint density at radius 1 is 1.25 bits per heavy atom. The Labute approximate surface area is 70.9 Å². The molecule has 0 radical (unpaired) electrons. The summed E-state index contributed by atoms with van der Waals surface area (Å²) in [5.74, 6) is 0.260. The Kier molecular flexibility index (Phi) is 2.73. The quantitative estimate of drug-likeness (QED) is 0.662. The van der Waals surface area contributed by atoms with Crippen molar-refractivity contribution in [3.8, 4) is 0 Å². The summed E-state index contributed by atoms with van der Waals surface area (Å²) in [6.45, 7) is 3.35. The van der Waals surface area contributed by atoms with Crippen molar-refractivity contribution in [2.24, 2.45) is 0 Å². The minimum absolute atomic E-state index is 0.260. The van der Waals surface area contributed by atoms with Gasteiger partial charge >= 0.3 is 0 Å². The summed E-state index contributed by atoms with van der Waals surface area (Å²) < 4.78 is 0. The normalized spacial score (nSPS) is 15.7. The molecule has 12 heavy (non-hydrogen) atoms. The first-order valence-corrected chi connectivity index (χ1v) is 3.76. The van der Waals surface area contributed by atoms with Crippen LogP contribution in [0.25, 0.3) is 0 Å². The second-order valence-electron chi connectivity index (χ2n) is 2.80. The molecule has 1 heterocycles. The number of rotatable bonds is 2. The smallest absolute Gasteiger partial charge is 0.159 e. The lowest BCUT2D eigenvalue weighted by atomic mass is 10.2. The molecule has 0 aliphatic heterocycles. The van der Waals surface area contributed by atoms with E-state index in [1.165, 1.54) is 6.92 Å². The third kappa shape index (κ3) is 1.99. The Hall–Kier alpha value is -1.00. The van der Waals surface area contributed by atoms with E-state index < -0.39 is 12.2 Å². The zero-order chi connectivity index (χ0) is 9.14. The van der Waals surface area contributed by atoms with Gasteiger partial charge < -0.3 is 10.2 Å². The molecule has 0 aromatic carbocycles. The van der Waals surface area contributed by atoms with Gasteiger partial charge in [0, 0.05) is 12.4 Å². The lowest BCUT2D eigenvalue weighted by Gasteiger charge is -2.11. The number of aliphatic hydroxyl groups is 2. The van der Waals surface area contributed by atoms with Crippen LogP contribution in [0.15, 0.2) is 12.4 Å². The fourth-order valence-electron chi connectivity index (χ4n) is 0.771. The molecule has 0 fully saturated rings. The maximum atomic E-state index is 9.31. The molecule has 0 spiro atoms. The second kappa shape index (κ2) is 3.60. The van der Waals surface area contributed by atoms with Gasteiger partial charge in [0.2, 0.25) is 0 Å². The average molecular weight is 168 g/mol. The van der Waals surface area contributed by atoms with Crippen molar-refractivity contribution >= 4 is 0 Å². The highest BCUT2D eigenvalue weighted by atomic mass is 16.3. The van der Waals surface area contributed by atoms with Crippen LogP contribution in [-0.2, 0) is 0 Å². The SMILES string of the molecule is Cc1cnc([C@H](O)[C@@H](C)O)nc1. The molecule has 0 aliphatic carbocycles. The molecule has 0 aliphatic rings. The van der Waals surface area contributed by atoms with Crippen LogP contribution in [0, 0.1) is 6.92 Å². The van der Waals surface area contributed by atoms with Crippen LogP contribution in [0.1, 0.15) is 24.4 Å². The highest BCUT2D eigenvalue weighted by Crippen LogP contribution is 2.10. The molecule has 1 rings (SSSR count). The average Bonchev–Trinajstić information content (AvgIpc) is 2.04. The van der Waals surface area contributed by atoms with Gasteiger partial charge in [-0.05, 0) is 19.4 Å². The fourth-order valence-corrected chi connectivity index (χ4v) is 0.771. The zero-order valence-corrected chi connectivity index (χ0v) is 7.10. The summed E-state index contributed by atoms with van der Waals surface area (Å²) in [6, 6.07) is 0. The highest BCUT2D eigenvalue weighted by Gasteiger charge is 2.15. The van der Waals surface area contributed by atoms with E-state index in [-0.39, 0.29) is 5.82 Å². The van der Waals surface area contributed by atoms with Gasteiger partial charge in [-0.25, -0.2) is 9.97 Å². The molecule has 0 unspecified atom stereocenters. The lowest BCUT2D eigenvalue weighted by molar-refractivity contribution is 0.0248. The molecule has 2 atom stereocenters. The van der Waals surface area contributed by atoms with Crippen LogP contribution in [0.3, 0.4) is 0 Å². The monoisotopic (exact) mass is 168 g/mol. The molecule has 4 heteroatoms. The second-order valence-corrected chi connectivity index (χ2v) is 2.80. The van der Waals surface area contributed by atoms with Gasteiger partial charge in [-0.1, -0.05) is 0 Å². The van der Waals surface area contributed by atoms with Gasteiger partial charge in [0.1, 0.15) is 6.10 Å². The Morgan fingerprint density at radius 2 is 1.75 bits per heavy atom. The van der Waals surface area contributed by atoms with Crippen molar-refractivity contribution in [2.45, 2.75) is 26.1 Å². The van der Waals surface area contributed by atoms with Gasteiger partial charge in [-0.3, -0.25) is 0 Å². The molecule has 0 saturated carbocycles. The summed E-state index contributed by atoms with van der Waals surface area (Å²) >= 11 is 0. The van der Waals surface area contributed by atoms with E-state index in [2.05, 4.69) is 9.97 Å². The van der Waals surface area contributed by atoms with Gasteiger partial charge in [0.25, 0.3) is 0 Å². The van der Waals surface area contributed by atoms with E-state index in [9.17, 15) is 5.11 Å². The first-order valence-electron chi connectivity index (χ1n) is 3.76. The largest absolute Gasteiger partial charge is 0.390 e. The van der Waals surface area contributed by atoms with Crippen LogP contribution >= 0.6 is 0 Å². The number of aromatic nitrogens is 2. The van der Waals surface area contributed by atoms with Crippen molar-refractivity contribution in [1.29, 1.82) is 0 Å². The van der Waals surface area contributed by atoms with Crippen LogP contribution in [0.2, 0.25) is 0 Å². The van der Waals surface area contributed by atoms with Crippen molar-refractivity contribution in [1.82, 2.24) is 9.97 Å². The number of nitrogens with zero attached hydrogens (tertiary/aromatic N) is 2. The molecule has 0 amide bonds. The number of aryl methyl sites for hydroxylation is 1. The summed E-state index contributed by atoms with van der Waals surface area (Å²) in [7, 11) is 0. The van der Waals surface area contributed by atoms with E-state index in [1.54, 1.807) is 12.4 Å². The third-order valence-corrected chi connectivity index (χ3v) is 1.52. The summed E-state index contributed by atoms with van der Waals surface area (Å²) in [4.78, 5) is 7.76. The molecule has 4 nitrogen and oxygen atoms in total.